The van der Waals surface area contributed by atoms with Gasteiger partial charge in [0, 0.05) is 12.8 Å². The molecule has 518 valence electrons. The molecule has 1 amide bonds. The summed E-state index contributed by atoms with van der Waals surface area (Å²) in [7, 11) is 0. The maximum Gasteiger partial charge on any atom is 0.305 e. The summed E-state index contributed by atoms with van der Waals surface area (Å²) >= 11 is 0. The molecule has 2 unspecified atom stereocenters. The first-order valence-electron chi connectivity index (χ1n) is 40.4. The van der Waals surface area contributed by atoms with E-state index in [1.54, 1.807) is 0 Å². The molecule has 6 heteroatoms. The van der Waals surface area contributed by atoms with Crippen LogP contribution in [-0.4, -0.2) is 47.4 Å². The standard InChI is InChI=1S/C81H159NO5/c1-3-5-7-9-11-13-15-17-19-21-22-23-24-30-33-36-39-42-45-49-53-57-61-65-69-73-79(84)78(77-83)82-80(85)74-70-66-62-58-54-50-46-43-40-37-34-31-28-26-25-27-29-32-35-38-41-44-48-52-56-60-64-68-72-76-87-81(86)75-71-67-63-59-55-51-47-20-18-16-14-12-10-8-6-4-2/h25,27,78-79,83-84H,3-24,26,28-77H2,1-2H3,(H,82,85)/b27-25-. The lowest BCUT2D eigenvalue weighted by molar-refractivity contribution is -0.143. The van der Waals surface area contributed by atoms with Gasteiger partial charge >= 0.3 is 5.97 Å². The summed E-state index contributed by atoms with van der Waals surface area (Å²) in [6.45, 7) is 5.02. The monoisotopic (exact) mass is 1230 g/mol. The van der Waals surface area contributed by atoms with E-state index in [4.69, 9.17) is 4.74 Å². The fraction of sp³-hybridized carbons (Fsp3) is 0.951. The molecule has 0 aliphatic heterocycles. The minimum absolute atomic E-state index is 0.0215. The molecule has 0 saturated heterocycles. The smallest absolute Gasteiger partial charge is 0.305 e. The Hall–Kier alpha value is -1.40. The number of hydrogen-bond acceptors (Lipinski definition) is 5. The van der Waals surface area contributed by atoms with Gasteiger partial charge in [0.15, 0.2) is 0 Å². The number of unbranched alkanes of at least 4 members (excludes halogenated alkanes) is 64. The third-order valence-corrected chi connectivity index (χ3v) is 19.3. The first-order chi connectivity index (χ1) is 43.0. The molecule has 0 saturated carbocycles. The second-order valence-corrected chi connectivity index (χ2v) is 28.1. The number of rotatable bonds is 77. The number of nitrogens with one attached hydrogen (secondary N) is 1. The van der Waals surface area contributed by atoms with Gasteiger partial charge in [-0.2, -0.15) is 0 Å². The number of amides is 1. The van der Waals surface area contributed by atoms with Gasteiger partial charge in [0.25, 0.3) is 0 Å². The zero-order chi connectivity index (χ0) is 62.8. The van der Waals surface area contributed by atoms with E-state index < -0.39 is 12.1 Å². The van der Waals surface area contributed by atoms with Gasteiger partial charge in [0.2, 0.25) is 5.91 Å². The number of aliphatic hydroxyl groups is 2. The normalized spacial score (nSPS) is 12.5. The predicted molar refractivity (Wildman–Crippen MR) is 384 cm³/mol. The molecular formula is C81H159NO5. The highest BCUT2D eigenvalue weighted by Crippen LogP contribution is 2.20. The van der Waals surface area contributed by atoms with Crippen LogP contribution in [0.1, 0.15) is 470 Å². The lowest BCUT2D eigenvalue weighted by atomic mass is 10.0. The molecule has 0 fully saturated rings. The van der Waals surface area contributed by atoms with Gasteiger partial charge in [-0.3, -0.25) is 9.59 Å². The SMILES string of the molecule is CCCCCCCCCCCCCCCCCCCCCCCCCCCC(O)C(CO)NC(=O)CCCCCCCCCCCCCCC/C=C\CCCCCCCCCCCCCCOC(=O)CCCCCCCCCCCCCCCCCC. The van der Waals surface area contributed by atoms with Crippen molar-refractivity contribution in [1.82, 2.24) is 5.32 Å². The number of esters is 1. The van der Waals surface area contributed by atoms with E-state index in [1.165, 1.54) is 398 Å². The second kappa shape index (κ2) is 77.1. The van der Waals surface area contributed by atoms with Gasteiger partial charge in [-0.1, -0.05) is 418 Å². The van der Waals surface area contributed by atoms with Crippen LogP contribution in [0.25, 0.3) is 0 Å². The molecule has 6 nitrogen and oxygen atoms in total. The number of hydrogen-bond donors (Lipinski definition) is 3. The van der Waals surface area contributed by atoms with Gasteiger partial charge in [-0.25, -0.2) is 0 Å². The Morgan fingerprint density at radius 3 is 0.816 bits per heavy atom. The van der Waals surface area contributed by atoms with Crippen molar-refractivity contribution in [1.29, 1.82) is 0 Å². The number of carbonyl (C=O) groups excluding carboxylic acids is 2. The lowest BCUT2D eigenvalue weighted by Crippen LogP contribution is -2.45. The van der Waals surface area contributed by atoms with Crippen molar-refractivity contribution in [3.8, 4) is 0 Å². The van der Waals surface area contributed by atoms with Crippen molar-refractivity contribution < 1.29 is 24.5 Å². The Morgan fingerprint density at radius 1 is 0.310 bits per heavy atom. The molecule has 0 bridgehead atoms. The van der Waals surface area contributed by atoms with Crippen LogP contribution < -0.4 is 5.32 Å². The molecule has 0 aromatic carbocycles. The molecule has 0 aliphatic carbocycles. The molecule has 0 radical (unpaired) electrons. The summed E-state index contributed by atoms with van der Waals surface area (Å²) in [4.78, 5) is 24.7. The summed E-state index contributed by atoms with van der Waals surface area (Å²) in [5.41, 5.74) is 0. The van der Waals surface area contributed by atoms with Crippen LogP contribution in [0.15, 0.2) is 12.2 Å². The molecule has 0 spiro atoms. The molecule has 0 heterocycles. The average molecular weight is 1230 g/mol. The van der Waals surface area contributed by atoms with Crippen molar-refractivity contribution in [2.75, 3.05) is 13.2 Å². The molecule has 87 heavy (non-hydrogen) atoms. The molecule has 0 aromatic rings. The maximum atomic E-state index is 12.6. The molecule has 0 aromatic heterocycles. The molecule has 0 aliphatic rings. The van der Waals surface area contributed by atoms with E-state index in [1.807, 2.05) is 0 Å². The highest BCUT2D eigenvalue weighted by molar-refractivity contribution is 5.76. The van der Waals surface area contributed by atoms with Crippen LogP contribution >= 0.6 is 0 Å². The topological polar surface area (TPSA) is 95.9 Å². The number of ether oxygens (including phenoxy) is 1. The van der Waals surface area contributed by atoms with Crippen LogP contribution in [0, 0.1) is 0 Å². The molecule has 3 N–H and O–H groups in total. The van der Waals surface area contributed by atoms with Gasteiger partial charge < -0.3 is 20.3 Å². The predicted octanol–water partition coefficient (Wildman–Crippen LogP) is 26.7. The minimum atomic E-state index is -0.665. The number of allylic oxidation sites excluding steroid dienone is 2. The largest absolute Gasteiger partial charge is 0.466 e. The zero-order valence-electron chi connectivity index (χ0n) is 59.5. The van der Waals surface area contributed by atoms with E-state index in [9.17, 15) is 19.8 Å². The quantitative estimate of drug-likeness (QED) is 0.0320. The number of aliphatic hydroxyl groups excluding tert-OH is 2. The van der Waals surface area contributed by atoms with Crippen molar-refractivity contribution >= 4 is 11.9 Å². The first kappa shape index (κ1) is 85.6. The van der Waals surface area contributed by atoms with E-state index in [0.717, 1.165) is 38.5 Å². The summed E-state index contributed by atoms with van der Waals surface area (Å²) < 4.78 is 5.51. The van der Waals surface area contributed by atoms with Gasteiger partial charge in [-0.05, 0) is 51.4 Å². The molecule has 2 atom stereocenters. The Kier molecular flexibility index (Phi) is 75.8. The Morgan fingerprint density at radius 2 is 0.540 bits per heavy atom. The third kappa shape index (κ3) is 73.5. The van der Waals surface area contributed by atoms with Gasteiger partial charge in [-0.15, -0.1) is 0 Å². The minimum Gasteiger partial charge on any atom is -0.466 e. The average Bonchev–Trinajstić information content (AvgIpc) is 3.54. The Bertz CT molecular complexity index is 1320. The van der Waals surface area contributed by atoms with Crippen molar-refractivity contribution in [2.45, 2.75) is 482 Å². The summed E-state index contributed by atoms with van der Waals surface area (Å²) in [5, 5.41) is 23.5. The lowest BCUT2D eigenvalue weighted by Gasteiger charge is -2.22. The van der Waals surface area contributed by atoms with E-state index in [0.29, 0.717) is 25.9 Å². The van der Waals surface area contributed by atoms with E-state index in [-0.39, 0.29) is 18.5 Å². The fourth-order valence-corrected chi connectivity index (χ4v) is 13.2. The van der Waals surface area contributed by atoms with Crippen molar-refractivity contribution in [3.63, 3.8) is 0 Å². The van der Waals surface area contributed by atoms with Gasteiger partial charge in [0.05, 0.1) is 25.4 Å². The molecular weight excluding hydrogens is 1070 g/mol. The Labute approximate surface area is 546 Å². The summed E-state index contributed by atoms with van der Waals surface area (Å²) in [6.07, 6.45) is 97.3. The fourth-order valence-electron chi connectivity index (χ4n) is 13.2. The van der Waals surface area contributed by atoms with E-state index in [2.05, 4.69) is 31.3 Å². The van der Waals surface area contributed by atoms with Crippen LogP contribution in [-0.2, 0) is 14.3 Å². The van der Waals surface area contributed by atoms with Crippen LogP contribution in [0.4, 0.5) is 0 Å². The van der Waals surface area contributed by atoms with E-state index >= 15 is 0 Å². The zero-order valence-corrected chi connectivity index (χ0v) is 59.5. The van der Waals surface area contributed by atoms with Crippen LogP contribution in [0.3, 0.4) is 0 Å². The third-order valence-electron chi connectivity index (χ3n) is 19.3. The summed E-state index contributed by atoms with van der Waals surface area (Å²) in [5.74, 6) is -0.00632. The Balaban J connectivity index is 3.36. The van der Waals surface area contributed by atoms with Crippen LogP contribution in [0.5, 0.6) is 0 Å². The number of carbonyl (C=O) groups is 2. The van der Waals surface area contributed by atoms with Crippen molar-refractivity contribution in [3.05, 3.63) is 12.2 Å². The second-order valence-electron chi connectivity index (χ2n) is 28.1. The van der Waals surface area contributed by atoms with Crippen LogP contribution in [0.2, 0.25) is 0 Å². The maximum absolute atomic E-state index is 12.6. The highest BCUT2D eigenvalue weighted by Gasteiger charge is 2.20. The molecule has 0 rings (SSSR count). The van der Waals surface area contributed by atoms with Gasteiger partial charge in [0.1, 0.15) is 0 Å². The first-order valence-corrected chi connectivity index (χ1v) is 40.4. The van der Waals surface area contributed by atoms with Crippen molar-refractivity contribution in [2.24, 2.45) is 0 Å². The summed E-state index contributed by atoms with van der Waals surface area (Å²) in [6, 6.07) is -0.542. The highest BCUT2D eigenvalue weighted by atomic mass is 16.5.